The van der Waals surface area contributed by atoms with Crippen LogP contribution in [0.5, 0.6) is 11.5 Å². The Morgan fingerprint density at radius 2 is 1.93 bits per heavy atom. The average Bonchev–Trinajstić information content (AvgIpc) is 2.95. The predicted molar refractivity (Wildman–Crippen MR) is 128 cm³/mol. The van der Waals surface area contributed by atoms with Crippen molar-refractivity contribution in [2.75, 3.05) is 37.6 Å². The van der Waals surface area contributed by atoms with E-state index in [1.165, 1.54) is 11.8 Å². The van der Waals surface area contributed by atoms with Gasteiger partial charge in [-0.3, -0.25) is 9.69 Å². The van der Waals surface area contributed by atoms with Crippen LogP contribution in [0.15, 0.2) is 45.8 Å². The second-order valence-corrected chi connectivity index (χ2v) is 8.93. The van der Waals surface area contributed by atoms with Crippen molar-refractivity contribution in [2.45, 2.75) is 6.92 Å². The van der Waals surface area contributed by atoms with Crippen molar-refractivity contribution < 1.29 is 14.3 Å². The van der Waals surface area contributed by atoms with Gasteiger partial charge in [-0.25, -0.2) is 0 Å². The first-order valence-corrected chi connectivity index (χ1v) is 10.9. The molecule has 2 aromatic carbocycles. The van der Waals surface area contributed by atoms with Crippen molar-refractivity contribution in [1.29, 1.82) is 0 Å². The predicted octanol–water partition coefficient (Wildman–Crippen LogP) is 5.33. The largest absolute Gasteiger partial charge is 0.492 e. The highest BCUT2D eigenvalue weighted by molar-refractivity contribution is 9.10. The number of ether oxygens (including phenoxy) is 2. The van der Waals surface area contributed by atoms with Crippen LogP contribution < -0.4 is 19.3 Å². The zero-order valence-electron chi connectivity index (χ0n) is 16.6. The van der Waals surface area contributed by atoms with Crippen LogP contribution in [0.4, 0.5) is 11.4 Å². The Morgan fingerprint density at radius 3 is 2.52 bits per heavy atom. The maximum Gasteiger partial charge on any atom is 0.270 e. The van der Waals surface area contributed by atoms with E-state index in [4.69, 9.17) is 21.7 Å². The Labute approximate surface area is 188 Å². The summed E-state index contributed by atoms with van der Waals surface area (Å²) >= 11 is 10.3. The number of thioether (sulfide) groups is 1. The number of nitrogens with zero attached hydrogens (tertiary/aromatic N) is 2. The zero-order valence-corrected chi connectivity index (χ0v) is 19.8. The highest BCUT2D eigenvalue weighted by atomic mass is 79.9. The van der Waals surface area contributed by atoms with Gasteiger partial charge in [0.05, 0.1) is 28.8 Å². The van der Waals surface area contributed by atoms with Crippen molar-refractivity contribution in [1.82, 2.24) is 0 Å². The standard InChI is InChI=1S/C21H21BrN2O3S2/c1-5-27-17-11-13(10-16(22)19(17)26-4)12-18-20(25)24(21(28)29-18)15-8-6-14(7-9-15)23(2)3/h6-12H,5H2,1-4H3/b18-12+. The lowest BCUT2D eigenvalue weighted by atomic mass is 10.1. The van der Waals surface area contributed by atoms with Gasteiger partial charge in [-0.2, -0.15) is 0 Å². The van der Waals surface area contributed by atoms with Gasteiger partial charge in [0, 0.05) is 19.8 Å². The molecule has 0 N–H and O–H groups in total. The Hall–Kier alpha value is -2.03. The van der Waals surface area contributed by atoms with Gasteiger partial charge in [0.2, 0.25) is 0 Å². The summed E-state index contributed by atoms with van der Waals surface area (Å²) in [5, 5.41) is 0. The van der Waals surface area contributed by atoms with Crippen LogP contribution in [0, 0.1) is 0 Å². The molecule has 1 heterocycles. The number of halogens is 1. The SMILES string of the molecule is CCOc1cc(/C=C2/SC(=S)N(c3ccc(N(C)C)cc3)C2=O)cc(Br)c1OC. The van der Waals surface area contributed by atoms with E-state index < -0.39 is 0 Å². The molecule has 29 heavy (non-hydrogen) atoms. The van der Waals surface area contributed by atoms with Gasteiger partial charge in [0.25, 0.3) is 5.91 Å². The Kier molecular flexibility index (Phi) is 6.87. The van der Waals surface area contributed by atoms with Gasteiger partial charge in [0.1, 0.15) is 0 Å². The molecule has 0 saturated carbocycles. The van der Waals surface area contributed by atoms with Crippen molar-refractivity contribution in [2.24, 2.45) is 0 Å². The number of benzene rings is 2. The lowest BCUT2D eigenvalue weighted by Crippen LogP contribution is -2.27. The fourth-order valence-corrected chi connectivity index (χ4v) is 4.79. The molecule has 8 heteroatoms. The maximum absolute atomic E-state index is 13.0. The number of rotatable bonds is 6. The highest BCUT2D eigenvalue weighted by Gasteiger charge is 2.33. The van der Waals surface area contributed by atoms with E-state index in [-0.39, 0.29) is 5.91 Å². The number of hydrogen-bond acceptors (Lipinski definition) is 6. The fraction of sp³-hybridized carbons (Fsp3) is 0.238. The number of methoxy groups -OCH3 is 1. The summed E-state index contributed by atoms with van der Waals surface area (Å²) < 4.78 is 12.3. The van der Waals surface area contributed by atoms with Crippen molar-refractivity contribution in [3.8, 4) is 11.5 Å². The Bertz CT molecular complexity index is 975. The number of anilines is 2. The lowest BCUT2D eigenvalue weighted by molar-refractivity contribution is -0.113. The van der Waals surface area contributed by atoms with Crippen molar-refractivity contribution in [3.05, 3.63) is 51.3 Å². The lowest BCUT2D eigenvalue weighted by Gasteiger charge is -2.17. The first kappa shape index (κ1) is 21.7. The van der Waals surface area contributed by atoms with Crippen LogP contribution >= 0.6 is 39.9 Å². The highest BCUT2D eigenvalue weighted by Crippen LogP contribution is 2.40. The Balaban J connectivity index is 1.92. The maximum atomic E-state index is 13.0. The van der Waals surface area contributed by atoms with Gasteiger partial charge in [-0.1, -0.05) is 24.0 Å². The molecule has 3 rings (SSSR count). The van der Waals surface area contributed by atoms with Crippen molar-refractivity contribution >= 4 is 67.6 Å². The third-order valence-corrected chi connectivity index (χ3v) is 6.14. The normalized spacial score (nSPS) is 15.2. The van der Waals surface area contributed by atoms with E-state index in [2.05, 4.69) is 15.9 Å². The molecule has 1 saturated heterocycles. The van der Waals surface area contributed by atoms with Crippen LogP contribution in [0.3, 0.4) is 0 Å². The monoisotopic (exact) mass is 492 g/mol. The summed E-state index contributed by atoms with van der Waals surface area (Å²) in [6, 6.07) is 11.5. The molecule has 1 fully saturated rings. The van der Waals surface area contributed by atoms with Gasteiger partial charge in [-0.15, -0.1) is 0 Å². The molecule has 0 unspecified atom stereocenters. The average molecular weight is 493 g/mol. The van der Waals surface area contributed by atoms with E-state index in [9.17, 15) is 4.79 Å². The van der Waals surface area contributed by atoms with Gasteiger partial charge in [-0.05, 0) is 70.9 Å². The summed E-state index contributed by atoms with van der Waals surface area (Å²) in [5.74, 6) is 1.10. The number of amides is 1. The molecule has 1 aliphatic rings. The second-order valence-electron chi connectivity index (χ2n) is 6.40. The minimum Gasteiger partial charge on any atom is -0.492 e. The van der Waals surface area contributed by atoms with E-state index in [1.807, 2.05) is 68.4 Å². The van der Waals surface area contributed by atoms with Crippen LogP contribution in [0.25, 0.3) is 6.08 Å². The quantitative estimate of drug-likeness (QED) is 0.401. The number of carbonyl (C=O) groups excluding carboxylic acids is 1. The second kappa shape index (κ2) is 9.19. The molecular formula is C21H21BrN2O3S2. The topological polar surface area (TPSA) is 42.0 Å². The minimum absolute atomic E-state index is 0.137. The fourth-order valence-electron chi connectivity index (χ4n) is 2.87. The minimum atomic E-state index is -0.137. The van der Waals surface area contributed by atoms with E-state index in [1.54, 1.807) is 12.0 Å². The zero-order chi connectivity index (χ0) is 21.1. The summed E-state index contributed by atoms with van der Waals surface area (Å²) in [6.45, 7) is 2.42. The molecule has 0 aliphatic carbocycles. The summed E-state index contributed by atoms with van der Waals surface area (Å²) in [5.41, 5.74) is 2.64. The molecule has 0 spiro atoms. The molecule has 0 atom stereocenters. The molecule has 5 nitrogen and oxygen atoms in total. The molecular weight excluding hydrogens is 472 g/mol. The van der Waals surface area contributed by atoms with Crippen molar-refractivity contribution in [3.63, 3.8) is 0 Å². The number of thiocarbonyl (C=S) groups is 1. The van der Waals surface area contributed by atoms with E-state index in [0.29, 0.717) is 27.3 Å². The van der Waals surface area contributed by atoms with Crippen LogP contribution in [0.1, 0.15) is 12.5 Å². The first-order valence-electron chi connectivity index (χ1n) is 8.91. The van der Waals surface area contributed by atoms with Crippen LogP contribution in [-0.2, 0) is 4.79 Å². The number of hydrogen-bond donors (Lipinski definition) is 0. The number of carbonyl (C=O) groups is 1. The molecule has 1 amide bonds. The molecule has 0 radical (unpaired) electrons. The first-order chi connectivity index (χ1) is 13.8. The molecule has 2 aromatic rings. The molecule has 152 valence electrons. The van der Waals surface area contributed by atoms with E-state index in [0.717, 1.165) is 21.4 Å². The summed E-state index contributed by atoms with van der Waals surface area (Å²) in [7, 11) is 5.54. The van der Waals surface area contributed by atoms with Gasteiger partial charge in [0.15, 0.2) is 15.8 Å². The molecule has 1 aliphatic heterocycles. The molecule has 0 aromatic heterocycles. The summed E-state index contributed by atoms with van der Waals surface area (Å²) in [6.07, 6.45) is 1.82. The van der Waals surface area contributed by atoms with E-state index >= 15 is 0 Å². The molecule has 0 bridgehead atoms. The van der Waals surface area contributed by atoms with Gasteiger partial charge < -0.3 is 14.4 Å². The van der Waals surface area contributed by atoms with Crippen LogP contribution in [0.2, 0.25) is 0 Å². The third kappa shape index (κ3) is 4.60. The van der Waals surface area contributed by atoms with Gasteiger partial charge >= 0.3 is 0 Å². The summed E-state index contributed by atoms with van der Waals surface area (Å²) in [4.78, 5) is 17.2. The Morgan fingerprint density at radius 1 is 1.24 bits per heavy atom. The smallest absolute Gasteiger partial charge is 0.270 e. The van der Waals surface area contributed by atoms with Crippen LogP contribution in [-0.4, -0.2) is 38.0 Å². The third-order valence-electron chi connectivity index (χ3n) is 4.25.